The first kappa shape index (κ1) is 16.1. The number of halogens is 3. The summed E-state index contributed by atoms with van der Waals surface area (Å²) in [5, 5.41) is 0.789. The molecule has 0 saturated heterocycles. The summed E-state index contributed by atoms with van der Waals surface area (Å²) in [6, 6.07) is 6.29. The highest BCUT2D eigenvalue weighted by Crippen LogP contribution is 2.35. The second-order valence-electron chi connectivity index (χ2n) is 6.42. The number of nitrogens with zero attached hydrogens (tertiary/aromatic N) is 2. The van der Waals surface area contributed by atoms with Crippen LogP contribution in [0, 0.1) is 6.92 Å². The summed E-state index contributed by atoms with van der Waals surface area (Å²) in [4.78, 5) is 6.54. The van der Waals surface area contributed by atoms with Gasteiger partial charge in [0.05, 0.1) is 11.1 Å². The van der Waals surface area contributed by atoms with Crippen LogP contribution in [0.3, 0.4) is 0 Å². The monoisotopic (exact) mass is 322 g/mol. The molecule has 3 rings (SSSR count). The van der Waals surface area contributed by atoms with Gasteiger partial charge in [-0.05, 0) is 38.0 Å². The van der Waals surface area contributed by atoms with Crippen LogP contribution in [0.5, 0.6) is 0 Å². The molecule has 0 aliphatic heterocycles. The number of fused-ring (bicyclic) bond motifs is 1. The van der Waals surface area contributed by atoms with E-state index in [1.807, 2.05) is 20.0 Å². The second-order valence-corrected chi connectivity index (χ2v) is 6.42. The summed E-state index contributed by atoms with van der Waals surface area (Å²) in [6.07, 6.45) is 1.65. The molecular weight excluding hydrogens is 301 g/mol. The number of pyridine rings is 1. The number of alkyl halides is 3. The third kappa shape index (κ3) is 3.28. The first-order valence-electron chi connectivity index (χ1n) is 8.08. The van der Waals surface area contributed by atoms with E-state index in [1.54, 1.807) is 6.07 Å². The lowest BCUT2D eigenvalue weighted by molar-refractivity contribution is -0.137. The maximum Gasteiger partial charge on any atom is 0.416 e. The molecule has 1 aliphatic rings. The molecule has 1 aliphatic carbocycles. The van der Waals surface area contributed by atoms with Gasteiger partial charge < -0.3 is 4.90 Å². The molecule has 23 heavy (non-hydrogen) atoms. The Morgan fingerprint density at radius 3 is 2.43 bits per heavy atom. The Hall–Kier alpha value is -1.78. The number of hydrogen-bond donors (Lipinski definition) is 0. The normalized spacial score (nSPS) is 16.7. The number of aromatic nitrogens is 1. The third-order valence-corrected chi connectivity index (χ3v) is 4.75. The van der Waals surface area contributed by atoms with Gasteiger partial charge in [-0.3, -0.25) is 4.98 Å². The minimum atomic E-state index is -4.34. The molecule has 2 nitrogen and oxygen atoms in total. The fourth-order valence-corrected chi connectivity index (χ4v) is 3.47. The van der Waals surface area contributed by atoms with Gasteiger partial charge in [-0.1, -0.05) is 25.3 Å². The van der Waals surface area contributed by atoms with Crippen LogP contribution in [0.2, 0.25) is 0 Å². The van der Waals surface area contributed by atoms with Crippen LogP contribution in [0.25, 0.3) is 10.9 Å². The SMILES string of the molecule is Cc1cc(N(C)C2CCCCC2)c2ccc(C(F)(F)F)cc2n1. The molecule has 0 bridgehead atoms. The van der Waals surface area contributed by atoms with Gasteiger partial charge in [0.2, 0.25) is 0 Å². The van der Waals surface area contributed by atoms with Crippen molar-refractivity contribution in [3.63, 3.8) is 0 Å². The summed E-state index contributed by atoms with van der Waals surface area (Å²) in [5.41, 5.74) is 1.49. The summed E-state index contributed by atoms with van der Waals surface area (Å²) in [5.74, 6) is 0. The quantitative estimate of drug-likeness (QED) is 0.743. The van der Waals surface area contributed by atoms with Crippen molar-refractivity contribution in [1.82, 2.24) is 4.98 Å². The Labute approximate surface area is 134 Å². The van der Waals surface area contributed by atoms with Crippen LogP contribution >= 0.6 is 0 Å². The molecule has 124 valence electrons. The molecule has 1 aromatic carbocycles. The summed E-state index contributed by atoms with van der Waals surface area (Å²) < 4.78 is 38.8. The van der Waals surface area contributed by atoms with Crippen molar-refractivity contribution in [2.45, 2.75) is 51.2 Å². The van der Waals surface area contributed by atoms with Crippen LogP contribution in [-0.4, -0.2) is 18.1 Å². The summed E-state index contributed by atoms with van der Waals surface area (Å²) in [7, 11) is 2.04. The van der Waals surface area contributed by atoms with Crippen LogP contribution < -0.4 is 4.90 Å². The van der Waals surface area contributed by atoms with E-state index < -0.39 is 11.7 Å². The number of rotatable bonds is 2. The fourth-order valence-electron chi connectivity index (χ4n) is 3.47. The Balaban J connectivity index is 2.06. The predicted molar refractivity (Wildman–Crippen MR) is 86.8 cm³/mol. The number of hydrogen-bond acceptors (Lipinski definition) is 2. The van der Waals surface area contributed by atoms with Crippen molar-refractivity contribution >= 4 is 16.6 Å². The average molecular weight is 322 g/mol. The van der Waals surface area contributed by atoms with E-state index in [0.29, 0.717) is 11.6 Å². The number of benzene rings is 1. The molecule has 0 unspecified atom stereocenters. The molecule has 0 spiro atoms. The Bertz CT molecular complexity index is 703. The van der Waals surface area contributed by atoms with E-state index in [1.165, 1.54) is 19.3 Å². The lowest BCUT2D eigenvalue weighted by Gasteiger charge is -2.33. The molecule has 0 atom stereocenters. The molecule has 1 heterocycles. The number of anilines is 1. The van der Waals surface area contributed by atoms with Gasteiger partial charge in [-0.15, -0.1) is 0 Å². The minimum Gasteiger partial charge on any atom is -0.371 e. The van der Waals surface area contributed by atoms with E-state index >= 15 is 0 Å². The van der Waals surface area contributed by atoms with E-state index in [2.05, 4.69) is 9.88 Å². The smallest absolute Gasteiger partial charge is 0.371 e. The maximum atomic E-state index is 12.9. The molecule has 0 N–H and O–H groups in total. The highest BCUT2D eigenvalue weighted by molar-refractivity contribution is 5.92. The topological polar surface area (TPSA) is 16.1 Å². The molecule has 2 aromatic rings. The van der Waals surface area contributed by atoms with Crippen LogP contribution in [0.1, 0.15) is 43.4 Å². The average Bonchev–Trinajstić information content (AvgIpc) is 2.52. The molecule has 1 saturated carbocycles. The standard InChI is InChI=1S/C18H21F3N2/c1-12-10-17(23(2)14-6-4-3-5-7-14)15-9-8-13(18(19,20)21)11-16(15)22-12/h8-11,14H,3-7H2,1-2H3. The lowest BCUT2D eigenvalue weighted by atomic mass is 9.94. The van der Waals surface area contributed by atoms with Gasteiger partial charge in [-0.2, -0.15) is 13.2 Å². The van der Waals surface area contributed by atoms with Crippen molar-refractivity contribution in [1.29, 1.82) is 0 Å². The lowest BCUT2D eigenvalue weighted by Crippen LogP contribution is -2.33. The molecule has 0 radical (unpaired) electrons. The van der Waals surface area contributed by atoms with Crippen LogP contribution in [0.15, 0.2) is 24.3 Å². The second kappa shape index (κ2) is 6.02. The van der Waals surface area contributed by atoms with E-state index in [0.717, 1.165) is 41.7 Å². The fraction of sp³-hybridized carbons (Fsp3) is 0.500. The van der Waals surface area contributed by atoms with Crippen molar-refractivity contribution in [3.8, 4) is 0 Å². The molecule has 0 amide bonds. The van der Waals surface area contributed by atoms with Gasteiger partial charge >= 0.3 is 6.18 Å². The van der Waals surface area contributed by atoms with Crippen LogP contribution in [0.4, 0.5) is 18.9 Å². The van der Waals surface area contributed by atoms with Gasteiger partial charge in [0.15, 0.2) is 0 Å². The molecular formula is C18H21F3N2. The van der Waals surface area contributed by atoms with Crippen molar-refractivity contribution < 1.29 is 13.2 Å². The molecule has 1 aromatic heterocycles. The Kier molecular flexibility index (Phi) is 4.21. The first-order chi connectivity index (χ1) is 10.9. The van der Waals surface area contributed by atoms with E-state index in [9.17, 15) is 13.2 Å². The van der Waals surface area contributed by atoms with Crippen molar-refractivity contribution in [2.24, 2.45) is 0 Å². The van der Waals surface area contributed by atoms with E-state index in [-0.39, 0.29) is 0 Å². The zero-order valence-corrected chi connectivity index (χ0v) is 13.5. The van der Waals surface area contributed by atoms with Crippen LogP contribution in [-0.2, 0) is 6.18 Å². The first-order valence-corrected chi connectivity index (χ1v) is 8.08. The summed E-state index contributed by atoms with van der Waals surface area (Å²) in [6.45, 7) is 1.83. The predicted octanol–water partition coefficient (Wildman–Crippen LogP) is 5.33. The van der Waals surface area contributed by atoms with Gasteiger partial charge in [0, 0.05) is 29.9 Å². The highest BCUT2D eigenvalue weighted by atomic mass is 19.4. The van der Waals surface area contributed by atoms with Gasteiger partial charge in [0.1, 0.15) is 0 Å². The van der Waals surface area contributed by atoms with Crippen molar-refractivity contribution in [2.75, 3.05) is 11.9 Å². The van der Waals surface area contributed by atoms with Gasteiger partial charge in [-0.25, -0.2) is 0 Å². The zero-order valence-electron chi connectivity index (χ0n) is 13.5. The molecule has 1 fully saturated rings. The maximum absolute atomic E-state index is 12.9. The molecule has 5 heteroatoms. The largest absolute Gasteiger partial charge is 0.416 e. The summed E-state index contributed by atoms with van der Waals surface area (Å²) >= 11 is 0. The van der Waals surface area contributed by atoms with Crippen molar-refractivity contribution in [3.05, 3.63) is 35.5 Å². The Morgan fingerprint density at radius 1 is 1.09 bits per heavy atom. The highest BCUT2D eigenvalue weighted by Gasteiger charge is 2.31. The van der Waals surface area contributed by atoms with Gasteiger partial charge in [0.25, 0.3) is 0 Å². The minimum absolute atomic E-state index is 0.414. The zero-order chi connectivity index (χ0) is 16.6. The number of aryl methyl sites for hydroxylation is 1. The third-order valence-electron chi connectivity index (χ3n) is 4.75. The Morgan fingerprint density at radius 2 is 1.78 bits per heavy atom. The van der Waals surface area contributed by atoms with E-state index in [4.69, 9.17) is 0 Å².